The van der Waals surface area contributed by atoms with E-state index in [0.717, 1.165) is 19.5 Å². The second-order valence-corrected chi connectivity index (χ2v) is 13.4. The number of hydrogen-bond donors (Lipinski definition) is 0. The molecule has 4 unspecified atom stereocenters. The van der Waals surface area contributed by atoms with E-state index >= 15 is 0 Å². The van der Waals surface area contributed by atoms with Crippen LogP contribution in [-0.4, -0.2) is 5.66 Å². The highest BCUT2D eigenvalue weighted by Crippen LogP contribution is 2.72. The molecule has 0 nitrogen and oxygen atoms in total. The lowest BCUT2D eigenvalue weighted by atomic mass is 10.0. The Morgan fingerprint density at radius 1 is 1.43 bits per heavy atom. The zero-order valence-corrected chi connectivity index (χ0v) is 12.5. The minimum atomic E-state index is 0.142. The summed E-state index contributed by atoms with van der Waals surface area (Å²) < 4.78 is 0. The lowest BCUT2D eigenvalue weighted by Crippen LogP contribution is -2.04. The van der Waals surface area contributed by atoms with Crippen molar-refractivity contribution >= 4 is 33.1 Å². The lowest BCUT2D eigenvalue weighted by molar-refractivity contribution is 0.764. The fourth-order valence-corrected chi connectivity index (χ4v) is 7.77. The zero-order chi connectivity index (χ0) is 10.1. The van der Waals surface area contributed by atoms with Gasteiger partial charge in [-0.1, -0.05) is 46.4 Å². The van der Waals surface area contributed by atoms with Gasteiger partial charge >= 0.3 is 0 Å². The molecule has 2 rings (SSSR count). The third-order valence-electron chi connectivity index (χ3n) is 3.06. The van der Waals surface area contributed by atoms with Crippen LogP contribution >= 0.6 is 33.1 Å². The maximum absolute atomic E-state index is 3.08. The molecule has 1 aromatic carbocycles. The fourth-order valence-electron chi connectivity index (χ4n) is 2.21. The molecule has 0 N–H and O–H groups in total. The van der Waals surface area contributed by atoms with Crippen LogP contribution < -0.4 is 0 Å². The molecular weight excluding hydrogens is 244 g/mol. The summed E-state index contributed by atoms with van der Waals surface area (Å²) in [6, 6.07) is 8.94. The minimum absolute atomic E-state index is 0.142. The van der Waals surface area contributed by atoms with Crippen molar-refractivity contribution in [1.82, 2.24) is 0 Å². The number of rotatable bonds is 2. The summed E-state index contributed by atoms with van der Waals surface area (Å²) in [6.45, 7) is 2.39. The minimum Gasteiger partial charge on any atom is -0.110 e. The summed E-state index contributed by atoms with van der Waals surface area (Å²) in [4.78, 5) is 0. The Balaban J connectivity index is 2.25. The van der Waals surface area contributed by atoms with Crippen molar-refractivity contribution in [3.8, 4) is 0 Å². The summed E-state index contributed by atoms with van der Waals surface area (Å²) in [5, 5.41) is 0. The molecule has 1 aliphatic rings. The highest BCUT2D eigenvalue weighted by atomic mass is 32.6. The Morgan fingerprint density at radius 2 is 2.14 bits per heavy atom. The molecule has 4 heteroatoms. The monoisotopic (exact) mass is 260 g/mol. The highest BCUT2D eigenvalue weighted by Gasteiger charge is 2.31. The molecule has 0 aliphatic heterocycles. The van der Waals surface area contributed by atoms with E-state index in [-0.39, 0.29) is 7.30 Å². The molecule has 0 fully saturated rings. The van der Waals surface area contributed by atoms with Crippen LogP contribution in [0.2, 0.25) is 0 Å². The van der Waals surface area contributed by atoms with Gasteiger partial charge in [-0.05, 0) is 29.1 Å². The zero-order valence-electron chi connectivity index (χ0n) is 8.27. The number of benzene rings is 1. The van der Waals surface area contributed by atoms with Gasteiger partial charge in [-0.25, -0.2) is 0 Å². The largest absolute Gasteiger partial charge is 0.110 e. The lowest BCUT2D eigenvalue weighted by Gasteiger charge is -2.22. The first-order valence-corrected chi connectivity index (χ1v) is 11.5. The van der Waals surface area contributed by atoms with Gasteiger partial charge in [-0.15, -0.1) is 17.9 Å². The Morgan fingerprint density at radius 3 is 2.79 bits per heavy atom. The first-order valence-electron chi connectivity index (χ1n) is 4.82. The van der Waals surface area contributed by atoms with Gasteiger partial charge in [0.25, 0.3) is 0 Å². The average Bonchev–Trinajstić information content (AvgIpc) is 2.56. The van der Waals surface area contributed by atoms with Crippen molar-refractivity contribution < 1.29 is 0 Å². The second-order valence-electron chi connectivity index (χ2n) is 3.80. The van der Waals surface area contributed by atoms with Crippen LogP contribution in [0.5, 0.6) is 0 Å². The Bertz CT molecular complexity index is 326. The highest BCUT2D eigenvalue weighted by molar-refractivity contribution is 8.61. The molecule has 1 aromatic rings. The van der Waals surface area contributed by atoms with Crippen LogP contribution in [0.4, 0.5) is 0 Å². The summed E-state index contributed by atoms with van der Waals surface area (Å²) in [7, 11) is 7.16. The first kappa shape index (κ1) is 11.4. The normalized spacial score (nSPS) is 28.2. The van der Waals surface area contributed by atoms with E-state index in [4.69, 9.17) is 0 Å². The molecule has 0 radical (unpaired) electrons. The smallest absolute Gasteiger partial charge is 0.00291 e. The van der Waals surface area contributed by atoms with Gasteiger partial charge in [0.05, 0.1) is 0 Å². The molecular formula is C10H16P4. The first-order chi connectivity index (χ1) is 6.74. The third-order valence-corrected chi connectivity index (χ3v) is 14.4. The van der Waals surface area contributed by atoms with Crippen LogP contribution in [0.15, 0.2) is 24.3 Å². The predicted molar refractivity (Wildman–Crippen MR) is 77.0 cm³/mol. The molecule has 0 aromatic heterocycles. The van der Waals surface area contributed by atoms with Crippen LogP contribution in [0.25, 0.3) is 0 Å². The molecule has 6 atom stereocenters. The van der Waals surface area contributed by atoms with Crippen molar-refractivity contribution in [2.24, 2.45) is 0 Å². The van der Waals surface area contributed by atoms with Crippen molar-refractivity contribution in [2.75, 3.05) is 0 Å². The van der Waals surface area contributed by atoms with Crippen LogP contribution in [-0.2, 0) is 6.42 Å². The standard InChI is InChI=1S/C10H16P4/c1-7-9-5-3-2-4-8(9)6-10(7)14(12)13-11/h2-5,7,10,13H,6,11-12H2,1H3/t7-,10-,14?/m0/s1. The van der Waals surface area contributed by atoms with Crippen molar-refractivity contribution in [3.05, 3.63) is 35.4 Å². The molecule has 0 saturated heterocycles. The quantitative estimate of drug-likeness (QED) is 0.692. The van der Waals surface area contributed by atoms with E-state index in [2.05, 4.69) is 49.0 Å². The molecule has 1 aliphatic carbocycles. The van der Waals surface area contributed by atoms with Gasteiger partial charge in [0.1, 0.15) is 0 Å². The van der Waals surface area contributed by atoms with Gasteiger partial charge in [0.15, 0.2) is 0 Å². The fraction of sp³-hybridized carbons (Fsp3) is 0.400. The molecule has 0 heterocycles. The Hall–Kier alpha value is 0.940. The van der Waals surface area contributed by atoms with E-state index in [9.17, 15) is 0 Å². The summed E-state index contributed by atoms with van der Waals surface area (Å²) in [5.74, 6) is 0.767. The number of hydrogen-bond acceptors (Lipinski definition) is 0. The van der Waals surface area contributed by atoms with Crippen molar-refractivity contribution in [2.45, 2.75) is 24.9 Å². The summed E-state index contributed by atoms with van der Waals surface area (Å²) >= 11 is 0. The van der Waals surface area contributed by atoms with Crippen LogP contribution in [0.1, 0.15) is 24.0 Å². The van der Waals surface area contributed by atoms with Crippen molar-refractivity contribution in [3.63, 3.8) is 0 Å². The molecule has 14 heavy (non-hydrogen) atoms. The van der Waals surface area contributed by atoms with E-state index in [1.165, 1.54) is 6.42 Å². The second kappa shape index (κ2) is 4.85. The molecule has 0 bridgehead atoms. The van der Waals surface area contributed by atoms with E-state index in [1.54, 1.807) is 11.1 Å². The molecule has 0 amide bonds. The summed E-state index contributed by atoms with van der Waals surface area (Å²) in [6.07, 6.45) is 1.30. The SMILES string of the molecule is C[C@H]1c2ccccc2C[C@@H]1P(P)PP. The average molecular weight is 260 g/mol. The topological polar surface area (TPSA) is 0 Å². The third kappa shape index (κ3) is 2.06. The predicted octanol–water partition coefficient (Wildman–Crippen LogP) is 4.37. The van der Waals surface area contributed by atoms with Gasteiger partial charge in [0, 0.05) is 0 Å². The van der Waals surface area contributed by atoms with Crippen molar-refractivity contribution in [1.29, 1.82) is 0 Å². The molecule has 76 valence electrons. The number of fused-ring (bicyclic) bond motifs is 1. The Labute approximate surface area is 93.6 Å². The van der Waals surface area contributed by atoms with Crippen LogP contribution in [0.3, 0.4) is 0 Å². The van der Waals surface area contributed by atoms with Crippen LogP contribution in [0, 0.1) is 0 Å². The summed E-state index contributed by atoms with van der Waals surface area (Å²) in [5.41, 5.74) is 4.07. The van der Waals surface area contributed by atoms with E-state index in [1.807, 2.05) is 0 Å². The van der Waals surface area contributed by atoms with Gasteiger partial charge < -0.3 is 0 Å². The molecule has 0 spiro atoms. The Kier molecular flexibility index (Phi) is 3.96. The van der Waals surface area contributed by atoms with Gasteiger partial charge in [-0.2, -0.15) is 0 Å². The van der Waals surface area contributed by atoms with Gasteiger partial charge in [-0.3, -0.25) is 0 Å². The van der Waals surface area contributed by atoms with Gasteiger partial charge in [0.2, 0.25) is 0 Å². The maximum atomic E-state index is 3.08. The van der Waals surface area contributed by atoms with E-state index in [0.29, 0.717) is 0 Å². The maximum Gasteiger partial charge on any atom is -0.00291 e. The molecule has 0 saturated carbocycles. The van der Waals surface area contributed by atoms with E-state index < -0.39 is 0 Å².